The van der Waals surface area contributed by atoms with E-state index in [9.17, 15) is 14.4 Å². The van der Waals surface area contributed by atoms with Crippen LogP contribution in [-0.4, -0.2) is 27.5 Å². The number of anilines is 1. The maximum atomic E-state index is 13.6. The molecule has 10 heteroatoms. The number of benzene rings is 3. The van der Waals surface area contributed by atoms with Gasteiger partial charge in [0.25, 0.3) is 11.5 Å². The van der Waals surface area contributed by atoms with E-state index in [-0.39, 0.29) is 17.7 Å². The second-order valence-corrected chi connectivity index (χ2v) is 10.6. The fourth-order valence-corrected chi connectivity index (χ4v) is 5.43. The minimum atomic E-state index is -1.12. The largest absolute Gasteiger partial charge is 0.448 e. The Morgan fingerprint density at radius 1 is 0.975 bits per heavy atom. The summed E-state index contributed by atoms with van der Waals surface area (Å²) < 4.78 is 7.00. The Balaban J connectivity index is 1.43. The predicted molar refractivity (Wildman–Crippen MR) is 160 cm³/mol. The van der Waals surface area contributed by atoms with E-state index in [1.54, 1.807) is 48.7 Å². The molecule has 202 valence electrons. The number of halogens is 2. The highest BCUT2D eigenvalue weighted by Crippen LogP contribution is 2.32. The number of fused-ring (bicyclic) bond motifs is 1. The number of ether oxygens (including phenoxy) is 1. The van der Waals surface area contributed by atoms with E-state index in [4.69, 9.17) is 27.9 Å². The molecule has 0 saturated carbocycles. The van der Waals surface area contributed by atoms with Crippen molar-refractivity contribution in [1.82, 2.24) is 9.55 Å². The van der Waals surface area contributed by atoms with Gasteiger partial charge in [-0.2, -0.15) is 0 Å². The molecule has 0 saturated heterocycles. The lowest BCUT2D eigenvalue weighted by Gasteiger charge is -2.20. The summed E-state index contributed by atoms with van der Waals surface area (Å²) >= 11 is 13.4. The van der Waals surface area contributed by atoms with Crippen LogP contribution in [0.15, 0.2) is 83.0 Å². The van der Waals surface area contributed by atoms with E-state index in [0.717, 1.165) is 11.1 Å². The molecule has 5 rings (SSSR count). The van der Waals surface area contributed by atoms with Gasteiger partial charge in [-0.05, 0) is 35.6 Å². The van der Waals surface area contributed by atoms with Gasteiger partial charge >= 0.3 is 5.97 Å². The monoisotopic (exact) mass is 591 g/mol. The molecule has 0 aliphatic rings. The van der Waals surface area contributed by atoms with E-state index >= 15 is 0 Å². The van der Waals surface area contributed by atoms with Crippen LogP contribution in [0.25, 0.3) is 33.2 Å². The lowest BCUT2D eigenvalue weighted by atomic mass is 9.97. The summed E-state index contributed by atoms with van der Waals surface area (Å²) in [6.45, 7) is 1.73. The SMILES string of the molecule is CCC(OC(=O)c1c(-c2ccccc2)c2ccccc2c(=O)n1C)C(=O)Nc1nc(-c2ccc(Cl)c(Cl)c2)cs1. The highest BCUT2D eigenvalue weighted by Gasteiger charge is 2.28. The lowest BCUT2D eigenvalue weighted by Crippen LogP contribution is -2.34. The molecule has 5 aromatic rings. The molecule has 0 aliphatic carbocycles. The molecule has 1 unspecified atom stereocenters. The number of nitrogens with zero attached hydrogens (tertiary/aromatic N) is 2. The molecule has 0 spiro atoms. The zero-order valence-electron chi connectivity index (χ0n) is 21.5. The Labute approximate surface area is 244 Å². The molecule has 0 radical (unpaired) electrons. The van der Waals surface area contributed by atoms with E-state index in [1.807, 2.05) is 36.4 Å². The van der Waals surface area contributed by atoms with Crippen LogP contribution in [-0.2, 0) is 16.6 Å². The molecular weight excluding hydrogens is 569 g/mol. The number of nitrogens with one attached hydrogen (secondary N) is 1. The van der Waals surface area contributed by atoms with Crippen LogP contribution in [0.5, 0.6) is 0 Å². The molecular formula is C30H23Cl2N3O4S. The van der Waals surface area contributed by atoms with E-state index in [1.165, 1.54) is 23.0 Å². The molecule has 0 bridgehead atoms. The summed E-state index contributed by atoms with van der Waals surface area (Å²) in [4.78, 5) is 44.4. The van der Waals surface area contributed by atoms with Crippen LogP contribution in [0.2, 0.25) is 10.0 Å². The lowest BCUT2D eigenvalue weighted by molar-refractivity contribution is -0.124. The smallest absolute Gasteiger partial charge is 0.356 e. The van der Waals surface area contributed by atoms with Crippen molar-refractivity contribution in [3.8, 4) is 22.4 Å². The number of pyridine rings is 1. The molecule has 2 heterocycles. The second-order valence-electron chi connectivity index (χ2n) is 8.96. The molecule has 7 nitrogen and oxygen atoms in total. The number of esters is 1. The first kappa shape index (κ1) is 27.6. The number of aromatic nitrogens is 2. The quantitative estimate of drug-likeness (QED) is 0.202. The molecule has 1 N–H and O–H groups in total. The fraction of sp³-hybridized carbons (Fsp3) is 0.133. The van der Waals surface area contributed by atoms with Crippen molar-refractivity contribution in [3.63, 3.8) is 0 Å². The average molecular weight is 593 g/mol. The minimum absolute atomic E-state index is 0.0669. The van der Waals surface area contributed by atoms with Crippen molar-refractivity contribution >= 4 is 62.3 Å². The van der Waals surface area contributed by atoms with Crippen LogP contribution in [0.4, 0.5) is 5.13 Å². The summed E-state index contributed by atoms with van der Waals surface area (Å²) in [5.74, 6) is -1.31. The number of hydrogen-bond acceptors (Lipinski definition) is 6. The predicted octanol–water partition coefficient (Wildman–Crippen LogP) is 7.21. The molecule has 3 aromatic carbocycles. The molecule has 40 heavy (non-hydrogen) atoms. The summed E-state index contributed by atoms with van der Waals surface area (Å²) in [6, 6.07) is 21.6. The van der Waals surface area contributed by atoms with Gasteiger partial charge in [-0.3, -0.25) is 14.9 Å². The molecule has 2 aromatic heterocycles. The van der Waals surface area contributed by atoms with Gasteiger partial charge in [-0.25, -0.2) is 9.78 Å². The standard InChI is InChI=1S/C30H23Cl2N3O4S/c1-3-24(27(36)34-30-33-23(16-40-30)18-13-14-21(31)22(32)15-18)39-29(38)26-25(17-9-5-4-6-10-17)19-11-7-8-12-20(19)28(37)35(26)2/h4-16,24H,3H2,1-2H3,(H,33,34,36). The second kappa shape index (κ2) is 11.6. The third-order valence-corrected chi connectivity index (χ3v) is 7.92. The number of amides is 1. The van der Waals surface area contributed by atoms with Gasteiger partial charge in [-0.15, -0.1) is 11.3 Å². The average Bonchev–Trinajstić information content (AvgIpc) is 3.43. The zero-order chi connectivity index (χ0) is 28.4. The molecule has 1 amide bonds. The maximum Gasteiger partial charge on any atom is 0.356 e. The Morgan fingerprint density at radius 3 is 2.38 bits per heavy atom. The first-order chi connectivity index (χ1) is 19.3. The van der Waals surface area contributed by atoms with Crippen LogP contribution in [0.1, 0.15) is 23.8 Å². The summed E-state index contributed by atoms with van der Waals surface area (Å²) in [5.41, 5.74) is 2.40. The number of rotatable bonds is 7. The number of hydrogen-bond donors (Lipinski definition) is 1. The van der Waals surface area contributed by atoms with Gasteiger partial charge in [0.15, 0.2) is 11.2 Å². The number of carbonyl (C=O) groups is 2. The van der Waals surface area contributed by atoms with E-state index < -0.39 is 18.0 Å². The Morgan fingerprint density at radius 2 is 1.68 bits per heavy atom. The summed E-state index contributed by atoms with van der Waals surface area (Å²) in [5, 5.41) is 6.78. The van der Waals surface area contributed by atoms with Gasteiger partial charge < -0.3 is 9.30 Å². The summed E-state index contributed by atoms with van der Waals surface area (Å²) in [7, 11) is 1.53. The molecule has 0 fully saturated rings. The third kappa shape index (κ3) is 5.38. The van der Waals surface area contributed by atoms with Crippen molar-refractivity contribution in [2.45, 2.75) is 19.4 Å². The van der Waals surface area contributed by atoms with Gasteiger partial charge in [0, 0.05) is 28.9 Å². The maximum absolute atomic E-state index is 13.6. The molecule has 0 aliphatic heterocycles. The Hall–Kier alpha value is -3.98. The van der Waals surface area contributed by atoms with Gasteiger partial charge in [0.2, 0.25) is 0 Å². The van der Waals surface area contributed by atoms with Gasteiger partial charge in [0.05, 0.1) is 15.7 Å². The third-order valence-electron chi connectivity index (χ3n) is 6.42. The van der Waals surface area contributed by atoms with E-state index in [0.29, 0.717) is 37.2 Å². The minimum Gasteiger partial charge on any atom is -0.448 e. The number of carbonyl (C=O) groups excluding carboxylic acids is 2. The summed E-state index contributed by atoms with van der Waals surface area (Å²) in [6.07, 6.45) is -0.903. The van der Waals surface area contributed by atoms with Crippen molar-refractivity contribution in [3.05, 3.63) is 104 Å². The first-order valence-electron chi connectivity index (χ1n) is 12.4. The van der Waals surface area contributed by atoms with Crippen LogP contribution < -0.4 is 10.9 Å². The fourth-order valence-electron chi connectivity index (χ4n) is 4.41. The molecule has 1 atom stereocenters. The van der Waals surface area contributed by atoms with Crippen LogP contribution in [0.3, 0.4) is 0 Å². The topological polar surface area (TPSA) is 90.3 Å². The normalized spacial score (nSPS) is 11.8. The van der Waals surface area contributed by atoms with Gasteiger partial charge in [0.1, 0.15) is 5.69 Å². The number of thiazole rings is 1. The van der Waals surface area contributed by atoms with Crippen LogP contribution >= 0.6 is 34.5 Å². The van der Waals surface area contributed by atoms with Crippen molar-refractivity contribution in [2.75, 3.05) is 5.32 Å². The first-order valence-corrected chi connectivity index (χ1v) is 14.0. The van der Waals surface area contributed by atoms with Crippen molar-refractivity contribution in [1.29, 1.82) is 0 Å². The van der Waals surface area contributed by atoms with Gasteiger partial charge in [-0.1, -0.05) is 84.7 Å². The van der Waals surface area contributed by atoms with Crippen LogP contribution in [0, 0.1) is 0 Å². The Bertz CT molecular complexity index is 1800. The van der Waals surface area contributed by atoms with E-state index in [2.05, 4.69) is 10.3 Å². The van der Waals surface area contributed by atoms with Crippen molar-refractivity contribution in [2.24, 2.45) is 7.05 Å². The Kier molecular flexibility index (Phi) is 8.02. The zero-order valence-corrected chi connectivity index (χ0v) is 23.8. The highest BCUT2D eigenvalue weighted by atomic mass is 35.5. The highest BCUT2D eigenvalue weighted by molar-refractivity contribution is 7.14. The van der Waals surface area contributed by atoms with Crippen molar-refractivity contribution < 1.29 is 14.3 Å².